The van der Waals surface area contributed by atoms with E-state index >= 15 is 0 Å². The standard InChI is InChI=1S/C20H25N5O3/c1-27-17-11-13(5-7-15(17)16-8-6-14(12-26)28-16)25-19(22)23-18(21)24-20(25)9-3-2-4-10-20/h5-8,11,26H,2-4,9-10,12H2,1H3,(H4,21,22,23,24). The Bertz CT molecular complexity index is 928. The van der Waals surface area contributed by atoms with Crippen LogP contribution in [0.2, 0.25) is 0 Å². The number of aliphatic hydroxyl groups excluding tert-OH is 1. The van der Waals surface area contributed by atoms with Crippen molar-refractivity contribution in [2.24, 2.45) is 21.5 Å². The molecular weight excluding hydrogens is 358 g/mol. The highest BCUT2D eigenvalue weighted by molar-refractivity contribution is 6.05. The number of nitrogens with zero attached hydrogens (tertiary/aromatic N) is 3. The van der Waals surface area contributed by atoms with Crippen LogP contribution in [0.4, 0.5) is 5.69 Å². The van der Waals surface area contributed by atoms with E-state index in [1.54, 1.807) is 13.2 Å². The Balaban J connectivity index is 1.76. The van der Waals surface area contributed by atoms with Crippen molar-refractivity contribution in [2.75, 3.05) is 12.0 Å². The number of aliphatic hydroxyl groups is 1. The van der Waals surface area contributed by atoms with Crippen LogP contribution in [0.15, 0.2) is 44.7 Å². The molecule has 0 unspecified atom stereocenters. The Morgan fingerprint density at radius 3 is 2.64 bits per heavy atom. The summed E-state index contributed by atoms with van der Waals surface area (Å²) in [7, 11) is 1.61. The van der Waals surface area contributed by atoms with E-state index < -0.39 is 5.66 Å². The van der Waals surface area contributed by atoms with Gasteiger partial charge in [0.2, 0.25) is 11.9 Å². The summed E-state index contributed by atoms with van der Waals surface area (Å²) in [6, 6.07) is 9.33. The Morgan fingerprint density at radius 1 is 1.18 bits per heavy atom. The number of aliphatic imine (C=N–C) groups is 2. The zero-order valence-corrected chi connectivity index (χ0v) is 15.9. The van der Waals surface area contributed by atoms with E-state index in [0.717, 1.165) is 36.9 Å². The number of guanidine groups is 2. The molecule has 1 aliphatic carbocycles. The molecule has 8 nitrogen and oxygen atoms in total. The van der Waals surface area contributed by atoms with E-state index in [-0.39, 0.29) is 12.6 Å². The lowest BCUT2D eigenvalue weighted by Crippen LogP contribution is -2.58. The van der Waals surface area contributed by atoms with Gasteiger partial charge in [-0.05, 0) is 49.9 Å². The van der Waals surface area contributed by atoms with Crippen molar-refractivity contribution in [2.45, 2.75) is 44.4 Å². The molecule has 28 heavy (non-hydrogen) atoms. The molecule has 2 aliphatic rings. The fourth-order valence-electron chi connectivity index (χ4n) is 4.13. The van der Waals surface area contributed by atoms with E-state index in [1.807, 2.05) is 29.2 Å². The van der Waals surface area contributed by atoms with Gasteiger partial charge in [0.1, 0.15) is 29.5 Å². The number of methoxy groups -OCH3 is 1. The van der Waals surface area contributed by atoms with E-state index in [4.69, 9.17) is 25.6 Å². The van der Waals surface area contributed by atoms with E-state index in [1.165, 1.54) is 6.42 Å². The predicted molar refractivity (Wildman–Crippen MR) is 108 cm³/mol. The molecule has 1 fully saturated rings. The molecule has 1 aromatic heterocycles. The van der Waals surface area contributed by atoms with Crippen LogP contribution >= 0.6 is 0 Å². The van der Waals surface area contributed by atoms with Gasteiger partial charge in [0.05, 0.1) is 12.7 Å². The van der Waals surface area contributed by atoms with Gasteiger partial charge in [-0.2, -0.15) is 4.99 Å². The van der Waals surface area contributed by atoms with E-state index in [2.05, 4.69) is 4.99 Å². The van der Waals surface area contributed by atoms with Crippen LogP contribution in [0.3, 0.4) is 0 Å². The number of benzene rings is 1. The Morgan fingerprint density at radius 2 is 1.96 bits per heavy atom. The van der Waals surface area contributed by atoms with Gasteiger partial charge < -0.3 is 25.7 Å². The summed E-state index contributed by atoms with van der Waals surface area (Å²) >= 11 is 0. The number of furan rings is 1. The fraction of sp³-hybridized carbons (Fsp3) is 0.400. The molecule has 2 heterocycles. The second-order valence-electron chi connectivity index (χ2n) is 7.13. The molecule has 0 saturated heterocycles. The molecule has 1 aromatic carbocycles. The number of rotatable bonds is 4. The predicted octanol–water partition coefficient (Wildman–Crippen LogP) is 2.56. The summed E-state index contributed by atoms with van der Waals surface area (Å²) in [5.74, 6) is 2.33. The lowest BCUT2D eigenvalue weighted by atomic mass is 9.87. The summed E-state index contributed by atoms with van der Waals surface area (Å²) in [5.41, 5.74) is 13.4. The van der Waals surface area contributed by atoms with E-state index in [9.17, 15) is 5.11 Å². The van der Waals surface area contributed by atoms with Crippen molar-refractivity contribution < 1.29 is 14.3 Å². The largest absolute Gasteiger partial charge is 0.496 e. The van der Waals surface area contributed by atoms with Gasteiger partial charge in [-0.15, -0.1) is 0 Å². The molecule has 4 rings (SSSR count). The number of ether oxygens (including phenoxy) is 1. The van der Waals surface area contributed by atoms with Crippen molar-refractivity contribution in [1.82, 2.24) is 0 Å². The number of hydrogen-bond acceptors (Lipinski definition) is 8. The summed E-state index contributed by atoms with van der Waals surface area (Å²) in [6.45, 7) is -0.150. The molecule has 1 spiro atoms. The topological polar surface area (TPSA) is 123 Å². The van der Waals surface area contributed by atoms with Crippen LogP contribution in [0.25, 0.3) is 11.3 Å². The molecule has 1 aliphatic heterocycles. The SMILES string of the molecule is COc1cc(N2C(N)=NC(N)=NC23CCCCC3)ccc1-c1ccc(CO)o1. The van der Waals surface area contributed by atoms with Crippen LogP contribution in [-0.4, -0.2) is 29.8 Å². The highest BCUT2D eigenvalue weighted by Gasteiger charge is 2.42. The minimum absolute atomic E-state index is 0.150. The lowest BCUT2D eigenvalue weighted by molar-refractivity contribution is 0.248. The second-order valence-corrected chi connectivity index (χ2v) is 7.13. The molecule has 148 valence electrons. The number of hydrogen-bond donors (Lipinski definition) is 3. The Kier molecular flexibility index (Phi) is 4.72. The monoisotopic (exact) mass is 383 g/mol. The van der Waals surface area contributed by atoms with Crippen molar-refractivity contribution in [3.63, 3.8) is 0 Å². The Labute approximate surface area is 163 Å². The van der Waals surface area contributed by atoms with Gasteiger partial charge in [-0.3, -0.25) is 4.90 Å². The fourth-order valence-corrected chi connectivity index (χ4v) is 4.13. The van der Waals surface area contributed by atoms with Gasteiger partial charge in [0.15, 0.2) is 0 Å². The third-order valence-corrected chi connectivity index (χ3v) is 5.38. The summed E-state index contributed by atoms with van der Waals surface area (Å²) in [5, 5.41) is 9.25. The van der Waals surface area contributed by atoms with Crippen molar-refractivity contribution in [3.8, 4) is 17.1 Å². The zero-order chi connectivity index (χ0) is 19.7. The maximum absolute atomic E-state index is 9.25. The van der Waals surface area contributed by atoms with Crippen molar-refractivity contribution >= 4 is 17.6 Å². The first kappa shape index (κ1) is 18.4. The first-order valence-corrected chi connectivity index (χ1v) is 9.44. The Hall–Kier alpha value is -3.00. The second kappa shape index (κ2) is 7.20. The molecule has 8 heteroatoms. The molecule has 0 bridgehead atoms. The number of anilines is 1. The summed E-state index contributed by atoms with van der Waals surface area (Å²) < 4.78 is 11.3. The normalized spacial score (nSPS) is 18.7. The molecule has 0 atom stereocenters. The molecule has 2 aromatic rings. The van der Waals surface area contributed by atoms with Crippen molar-refractivity contribution in [1.29, 1.82) is 0 Å². The van der Waals surface area contributed by atoms with Gasteiger partial charge in [0, 0.05) is 11.8 Å². The van der Waals surface area contributed by atoms with Gasteiger partial charge in [0.25, 0.3) is 0 Å². The quantitative estimate of drug-likeness (QED) is 0.746. The maximum Gasteiger partial charge on any atom is 0.220 e. The minimum Gasteiger partial charge on any atom is -0.496 e. The zero-order valence-electron chi connectivity index (χ0n) is 15.9. The molecular formula is C20H25N5O3. The molecule has 5 N–H and O–H groups in total. The average Bonchev–Trinajstić information content (AvgIpc) is 3.17. The first-order valence-electron chi connectivity index (χ1n) is 9.44. The maximum atomic E-state index is 9.25. The molecule has 1 saturated carbocycles. The van der Waals surface area contributed by atoms with Crippen LogP contribution < -0.4 is 21.1 Å². The third kappa shape index (κ3) is 3.09. The highest BCUT2D eigenvalue weighted by Crippen LogP contribution is 2.42. The number of nitrogens with two attached hydrogens (primary N) is 2. The van der Waals surface area contributed by atoms with Crippen LogP contribution in [-0.2, 0) is 6.61 Å². The lowest BCUT2D eigenvalue weighted by Gasteiger charge is -2.45. The first-order chi connectivity index (χ1) is 13.6. The van der Waals surface area contributed by atoms with Gasteiger partial charge in [-0.1, -0.05) is 6.42 Å². The summed E-state index contributed by atoms with van der Waals surface area (Å²) in [4.78, 5) is 10.9. The molecule has 0 amide bonds. The van der Waals surface area contributed by atoms with Gasteiger partial charge >= 0.3 is 0 Å². The van der Waals surface area contributed by atoms with Crippen molar-refractivity contribution in [3.05, 3.63) is 36.1 Å². The highest BCUT2D eigenvalue weighted by atomic mass is 16.5. The van der Waals surface area contributed by atoms with Gasteiger partial charge in [-0.25, -0.2) is 4.99 Å². The smallest absolute Gasteiger partial charge is 0.220 e. The third-order valence-electron chi connectivity index (χ3n) is 5.38. The van der Waals surface area contributed by atoms with E-state index in [0.29, 0.717) is 23.2 Å². The van der Waals surface area contributed by atoms with Crippen LogP contribution in [0.1, 0.15) is 37.9 Å². The molecule has 0 radical (unpaired) electrons. The average molecular weight is 383 g/mol. The summed E-state index contributed by atoms with van der Waals surface area (Å²) in [6.07, 6.45) is 5.03. The van der Waals surface area contributed by atoms with Crippen LogP contribution in [0, 0.1) is 0 Å². The minimum atomic E-state index is -0.505. The van der Waals surface area contributed by atoms with Crippen LogP contribution in [0.5, 0.6) is 5.75 Å².